The van der Waals surface area contributed by atoms with Gasteiger partial charge in [-0.05, 0) is 0 Å². The molecule has 0 unspecified atom stereocenters. The molecule has 0 fully saturated rings. The molecule has 46 valence electrons. The van der Waals surface area contributed by atoms with Crippen molar-refractivity contribution in [3.8, 4) is 0 Å². The van der Waals surface area contributed by atoms with Crippen LogP contribution in [0.15, 0.2) is 0 Å². The minimum atomic E-state index is -4.52. The SMILES string of the molecule is CP(O)(O)(O)CO. The van der Waals surface area contributed by atoms with Crippen LogP contribution in [0.4, 0.5) is 0 Å². The topological polar surface area (TPSA) is 80.9 Å². The van der Waals surface area contributed by atoms with Crippen LogP contribution in [0.1, 0.15) is 0 Å². The van der Waals surface area contributed by atoms with Gasteiger partial charge in [-0.15, -0.1) is 0 Å². The minimum absolute atomic E-state index is 0.811. The van der Waals surface area contributed by atoms with Crippen LogP contribution in [-0.4, -0.2) is 32.8 Å². The van der Waals surface area contributed by atoms with Gasteiger partial charge in [0.1, 0.15) is 0 Å². The van der Waals surface area contributed by atoms with Crippen LogP contribution in [0.25, 0.3) is 0 Å². The van der Waals surface area contributed by atoms with Crippen LogP contribution >= 0.6 is 7.28 Å². The number of rotatable bonds is 1. The third kappa shape index (κ3) is 6.27. The zero-order valence-corrected chi connectivity index (χ0v) is 4.84. The Morgan fingerprint density at radius 1 is 1.29 bits per heavy atom. The molecule has 7 heavy (non-hydrogen) atoms. The van der Waals surface area contributed by atoms with Gasteiger partial charge in [-0.1, -0.05) is 0 Å². The second-order valence-electron chi connectivity index (χ2n) is 1.75. The van der Waals surface area contributed by atoms with Crippen molar-refractivity contribution in [3.05, 3.63) is 0 Å². The molecule has 0 radical (unpaired) electrons. The molecule has 0 rings (SSSR count). The van der Waals surface area contributed by atoms with Crippen molar-refractivity contribution < 1.29 is 19.8 Å². The van der Waals surface area contributed by atoms with E-state index in [1.54, 1.807) is 0 Å². The maximum absolute atomic E-state index is 8.28. The number of aliphatic hydroxyl groups is 1. The summed E-state index contributed by atoms with van der Waals surface area (Å²) >= 11 is 0. The Balaban J connectivity index is 3.83. The molecule has 4 nitrogen and oxygen atoms in total. The normalized spacial score (nSPS) is 18.1. The average molecular weight is 128 g/mol. The summed E-state index contributed by atoms with van der Waals surface area (Å²) in [6, 6.07) is 0. The molecule has 5 heteroatoms. The van der Waals surface area contributed by atoms with Gasteiger partial charge in [-0.3, -0.25) is 0 Å². The molecule has 0 aromatic carbocycles. The van der Waals surface area contributed by atoms with Crippen molar-refractivity contribution in [1.82, 2.24) is 0 Å². The van der Waals surface area contributed by atoms with E-state index >= 15 is 0 Å². The van der Waals surface area contributed by atoms with Gasteiger partial charge < -0.3 is 0 Å². The fraction of sp³-hybridized carbons (Fsp3) is 1.00. The summed E-state index contributed by atoms with van der Waals surface area (Å²) in [6.07, 6.45) is -0.967. The van der Waals surface area contributed by atoms with Gasteiger partial charge in [0.15, 0.2) is 0 Å². The number of aliphatic hydroxyl groups excluding tert-OH is 1. The van der Waals surface area contributed by atoms with Crippen LogP contribution in [0.3, 0.4) is 0 Å². The molecule has 0 amide bonds. The fourth-order valence-electron chi connectivity index (χ4n) is 0. The van der Waals surface area contributed by atoms with E-state index in [0.29, 0.717) is 0 Å². The average Bonchev–Trinajstić information content (AvgIpc) is 1.32. The molecular weight excluding hydrogens is 119 g/mol. The molecule has 0 atom stereocenters. The zero-order valence-electron chi connectivity index (χ0n) is 3.94. The van der Waals surface area contributed by atoms with Crippen LogP contribution in [0, 0.1) is 0 Å². The molecule has 0 bridgehead atoms. The van der Waals surface area contributed by atoms with E-state index in [1.807, 2.05) is 0 Å². The third-order valence-corrected chi connectivity index (χ3v) is 0.993. The molecule has 0 aliphatic rings. The standard InChI is InChI=1S/C2H9O4P/c1-7(4,5,6)2-3/h3-6H,2H2,1H3. The fourth-order valence-corrected chi connectivity index (χ4v) is 0. The summed E-state index contributed by atoms with van der Waals surface area (Å²) in [4.78, 5) is 24.8. The van der Waals surface area contributed by atoms with Crippen LogP contribution in [0.5, 0.6) is 0 Å². The van der Waals surface area contributed by atoms with Gasteiger partial charge >= 0.3 is 40.1 Å². The predicted octanol–water partition coefficient (Wildman–Crippen LogP) is -1.16. The Morgan fingerprint density at radius 3 is 1.43 bits per heavy atom. The van der Waals surface area contributed by atoms with E-state index in [9.17, 15) is 0 Å². The van der Waals surface area contributed by atoms with Crippen molar-refractivity contribution in [2.75, 3.05) is 13.0 Å². The third-order valence-electron chi connectivity index (χ3n) is 0.331. The Kier molecular flexibility index (Phi) is 1.42. The summed E-state index contributed by atoms with van der Waals surface area (Å²) < 4.78 is 0. The molecule has 0 aliphatic heterocycles. The first kappa shape index (κ1) is 7.27. The van der Waals surface area contributed by atoms with E-state index in [2.05, 4.69) is 0 Å². The van der Waals surface area contributed by atoms with E-state index in [4.69, 9.17) is 19.8 Å². The van der Waals surface area contributed by atoms with Gasteiger partial charge in [0.25, 0.3) is 0 Å². The van der Waals surface area contributed by atoms with Gasteiger partial charge in [0.2, 0.25) is 0 Å². The predicted molar refractivity (Wildman–Crippen MR) is 26.6 cm³/mol. The Bertz CT molecular complexity index is 62.2. The second kappa shape index (κ2) is 1.37. The Morgan fingerprint density at radius 2 is 1.43 bits per heavy atom. The molecule has 0 aromatic heterocycles. The number of hydrogen-bond donors (Lipinski definition) is 4. The first-order valence-electron chi connectivity index (χ1n) is 1.68. The van der Waals surface area contributed by atoms with Gasteiger partial charge in [0, 0.05) is 0 Å². The van der Waals surface area contributed by atoms with Crippen LogP contribution in [0.2, 0.25) is 0 Å². The van der Waals surface area contributed by atoms with Crippen molar-refractivity contribution in [2.45, 2.75) is 0 Å². The summed E-state index contributed by atoms with van der Waals surface area (Å²) in [6.45, 7) is 0.811. The molecule has 0 saturated heterocycles. The monoisotopic (exact) mass is 128 g/mol. The van der Waals surface area contributed by atoms with Crippen LogP contribution < -0.4 is 0 Å². The summed E-state index contributed by atoms with van der Waals surface area (Å²) in [5.41, 5.74) is 0. The van der Waals surface area contributed by atoms with Crippen molar-refractivity contribution >= 4 is 7.28 Å². The van der Waals surface area contributed by atoms with Gasteiger partial charge in [-0.25, -0.2) is 0 Å². The first-order valence-corrected chi connectivity index (χ1v) is 4.41. The molecule has 0 heterocycles. The Labute approximate surface area is 41.2 Å². The molecule has 0 aliphatic carbocycles. The van der Waals surface area contributed by atoms with Gasteiger partial charge in [0.05, 0.1) is 0 Å². The van der Waals surface area contributed by atoms with Crippen molar-refractivity contribution in [2.24, 2.45) is 0 Å². The maximum atomic E-state index is 8.28. The summed E-state index contributed by atoms with van der Waals surface area (Å²) in [5.74, 6) is 0. The molecule has 0 spiro atoms. The van der Waals surface area contributed by atoms with E-state index in [1.165, 1.54) is 0 Å². The van der Waals surface area contributed by atoms with Gasteiger partial charge in [-0.2, -0.15) is 0 Å². The number of hydrogen-bond acceptors (Lipinski definition) is 4. The molecule has 0 aromatic rings. The first-order chi connectivity index (χ1) is 2.81. The zero-order chi connectivity index (χ0) is 6.15. The van der Waals surface area contributed by atoms with Crippen molar-refractivity contribution in [3.63, 3.8) is 0 Å². The molecule has 4 N–H and O–H groups in total. The summed E-state index contributed by atoms with van der Waals surface area (Å²) in [7, 11) is -4.52. The quantitative estimate of drug-likeness (QED) is 0.336. The molecular formula is C2H9O4P. The van der Waals surface area contributed by atoms with E-state index in [0.717, 1.165) is 6.66 Å². The van der Waals surface area contributed by atoms with Crippen molar-refractivity contribution in [1.29, 1.82) is 0 Å². The van der Waals surface area contributed by atoms with E-state index in [-0.39, 0.29) is 0 Å². The second-order valence-corrected chi connectivity index (χ2v) is 5.25. The van der Waals surface area contributed by atoms with Crippen LogP contribution in [-0.2, 0) is 0 Å². The summed E-state index contributed by atoms with van der Waals surface area (Å²) in [5, 5.41) is 7.97. The Hall–Kier alpha value is 0.270. The van der Waals surface area contributed by atoms with E-state index < -0.39 is 13.6 Å². The molecule has 0 saturated carbocycles.